The van der Waals surface area contributed by atoms with E-state index < -0.39 is 0 Å². The van der Waals surface area contributed by atoms with Gasteiger partial charge in [-0.15, -0.1) is 0 Å². The molecule has 0 saturated heterocycles. The first-order chi connectivity index (χ1) is 9.63. The molecule has 0 atom stereocenters. The summed E-state index contributed by atoms with van der Waals surface area (Å²) in [5, 5.41) is 3.86. The largest absolute Gasteiger partial charge is 0.493 e. The molecule has 0 aliphatic rings. The molecule has 2 aromatic carbocycles. The molecule has 2 rings (SSSR count). The van der Waals surface area contributed by atoms with Crippen molar-refractivity contribution in [2.75, 3.05) is 25.3 Å². The van der Waals surface area contributed by atoms with Gasteiger partial charge in [0, 0.05) is 12.2 Å². The number of rotatable bonds is 5. The summed E-state index contributed by atoms with van der Waals surface area (Å²) in [5.41, 5.74) is 8.22. The number of methoxy groups -OCH3 is 2. The molecule has 0 unspecified atom stereocenters. The second kappa shape index (κ2) is 6.39. The molecule has 2 aromatic rings. The molecular weight excluding hydrogens is 276 g/mol. The van der Waals surface area contributed by atoms with E-state index in [0.717, 1.165) is 11.3 Å². The maximum Gasteiger partial charge on any atom is 0.161 e. The molecule has 5 heteroatoms. The van der Waals surface area contributed by atoms with Crippen molar-refractivity contribution in [1.29, 1.82) is 0 Å². The zero-order valence-electron chi connectivity index (χ0n) is 11.4. The van der Waals surface area contributed by atoms with Crippen molar-refractivity contribution in [2.24, 2.45) is 0 Å². The summed E-state index contributed by atoms with van der Waals surface area (Å²) in [7, 11) is 3.23. The third-order valence-electron chi connectivity index (χ3n) is 2.92. The number of hydrogen-bond donors (Lipinski definition) is 2. The molecule has 4 nitrogen and oxygen atoms in total. The second-order valence-electron chi connectivity index (χ2n) is 4.28. The van der Waals surface area contributed by atoms with Crippen LogP contribution < -0.4 is 20.5 Å². The number of nitrogen functional groups attached to an aromatic ring is 1. The summed E-state index contributed by atoms with van der Waals surface area (Å²) in [5.74, 6) is 1.41. The Hall–Kier alpha value is -2.07. The van der Waals surface area contributed by atoms with Gasteiger partial charge in [0.25, 0.3) is 0 Å². The Bertz CT molecular complexity index is 602. The van der Waals surface area contributed by atoms with E-state index in [4.69, 9.17) is 26.8 Å². The van der Waals surface area contributed by atoms with Crippen LogP contribution in [0.25, 0.3) is 0 Å². The monoisotopic (exact) mass is 292 g/mol. The lowest BCUT2D eigenvalue weighted by molar-refractivity contribution is 0.354. The number of hydrogen-bond acceptors (Lipinski definition) is 4. The smallest absolute Gasteiger partial charge is 0.161 e. The highest BCUT2D eigenvalue weighted by atomic mass is 35.5. The average molecular weight is 293 g/mol. The Morgan fingerprint density at radius 1 is 1.05 bits per heavy atom. The van der Waals surface area contributed by atoms with Crippen molar-refractivity contribution in [3.63, 3.8) is 0 Å². The van der Waals surface area contributed by atoms with E-state index >= 15 is 0 Å². The van der Waals surface area contributed by atoms with E-state index in [-0.39, 0.29) is 0 Å². The zero-order valence-corrected chi connectivity index (χ0v) is 12.2. The van der Waals surface area contributed by atoms with E-state index in [1.807, 2.05) is 30.3 Å². The van der Waals surface area contributed by atoms with Gasteiger partial charge in [0.15, 0.2) is 11.5 Å². The highest BCUT2D eigenvalue weighted by Gasteiger charge is 2.05. The average Bonchev–Trinajstić information content (AvgIpc) is 2.46. The lowest BCUT2D eigenvalue weighted by Gasteiger charge is -2.12. The lowest BCUT2D eigenvalue weighted by Crippen LogP contribution is -2.01. The minimum Gasteiger partial charge on any atom is -0.493 e. The van der Waals surface area contributed by atoms with Gasteiger partial charge in [-0.25, -0.2) is 0 Å². The fraction of sp³-hybridized carbons (Fsp3) is 0.200. The fourth-order valence-corrected chi connectivity index (χ4v) is 2.12. The van der Waals surface area contributed by atoms with Crippen LogP contribution in [0.4, 0.5) is 11.4 Å². The van der Waals surface area contributed by atoms with Crippen molar-refractivity contribution in [1.82, 2.24) is 0 Å². The van der Waals surface area contributed by atoms with Gasteiger partial charge < -0.3 is 20.5 Å². The van der Waals surface area contributed by atoms with Crippen LogP contribution in [-0.2, 0) is 6.54 Å². The standard InChI is InChI=1S/C15H17ClN2O2/c1-19-14-6-3-10(7-15(14)20-2)9-18-13-5-4-11(17)8-12(13)16/h3-8,18H,9,17H2,1-2H3. The first kappa shape index (κ1) is 14.3. The van der Waals surface area contributed by atoms with Crippen LogP contribution in [0.2, 0.25) is 5.02 Å². The van der Waals surface area contributed by atoms with Gasteiger partial charge in [-0.2, -0.15) is 0 Å². The Kier molecular flexibility index (Phi) is 4.58. The van der Waals surface area contributed by atoms with Gasteiger partial charge in [0.2, 0.25) is 0 Å². The second-order valence-corrected chi connectivity index (χ2v) is 4.69. The third-order valence-corrected chi connectivity index (χ3v) is 3.24. The molecule has 106 valence electrons. The van der Waals surface area contributed by atoms with E-state index in [1.54, 1.807) is 20.3 Å². The zero-order chi connectivity index (χ0) is 14.5. The van der Waals surface area contributed by atoms with Crippen LogP contribution in [0, 0.1) is 0 Å². The number of nitrogens with two attached hydrogens (primary N) is 1. The molecule has 0 heterocycles. The molecule has 0 fully saturated rings. The van der Waals surface area contributed by atoms with Gasteiger partial charge in [0.05, 0.1) is 24.9 Å². The van der Waals surface area contributed by atoms with E-state index in [1.165, 1.54) is 0 Å². The van der Waals surface area contributed by atoms with Crippen LogP contribution >= 0.6 is 11.6 Å². The molecule has 0 aromatic heterocycles. The lowest BCUT2D eigenvalue weighted by atomic mass is 10.2. The van der Waals surface area contributed by atoms with Crippen molar-refractivity contribution in [3.05, 3.63) is 47.0 Å². The Balaban J connectivity index is 2.10. The Morgan fingerprint density at radius 3 is 2.45 bits per heavy atom. The molecule has 0 bridgehead atoms. The van der Waals surface area contributed by atoms with Crippen molar-refractivity contribution in [2.45, 2.75) is 6.54 Å². The molecule has 20 heavy (non-hydrogen) atoms. The van der Waals surface area contributed by atoms with Gasteiger partial charge in [0.1, 0.15) is 0 Å². The van der Waals surface area contributed by atoms with Crippen molar-refractivity contribution >= 4 is 23.0 Å². The highest BCUT2D eigenvalue weighted by molar-refractivity contribution is 6.33. The normalized spacial score (nSPS) is 10.2. The van der Waals surface area contributed by atoms with Crippen LogP contribution in [0.15, 0.2) is 36.4 Å². The molecule has 0 aliphatic heterocycles. The third kappa shape index (κ3) is 3.27. The van der Waals surface area contributed by atoms with E-state index in [2.05, 4.69) is 5.32 Å². The van der Waals surface area contributed by atoms with Gasteiger partial charge in [-0.3, -0.25) is 0 Å². The number of anilines is 2. The van der Waals surface area contributed by atoms with Crippen molar-refractivity contribution < 1.29 is 9.47 Å². The van der Waals surface area contributed by atoms with Crippen molar-refractivity contribution in [3.8, 4) is 11.5 Å². The Labute approximate surface area is 123 Å². The van der Waals surface area contributed by atoms with Crippen LogP contribution in [0.3, 0.4) is 0 Å². The Morgan fingerprint density at radius 2 is 1.80 bits per heavy atom. The maximum absolute atomic E-state index is 6.11. The molecule has 0 amide bonds. The molecular formula is C15H17ClN2O2. The minimum atomic E-state index is 0.602. The molecule has 0 saturated carbocycles. The summed E-state index contributed by atoms with van der Waals surface area (Å²) in [6.45, 7) is 0.629. The maximum atomic E-state index is 6.11. The van der Waals surface area contributed by atoms with Crippen LogP contribution in [0.1, 0.15) is 5.56 Å². The summed E-state index contributed by atoms with van der Waals surface area (Å²) in [6, 6.07) is 11.2. The predicted molar refractivity (Wildman–Crippen MR) is 82.7 cm³/mol. The molecule has 0 aliphatic carbocycles. The van der Waals surface area contributed by atoms with E-state index in [9.17, 15) is 0 Å². The fourth-order valence-electron chi connectivity index (χ4n) is 1.86. The van der Waals surface area contributed by atoms with Crippen LogP contribution in [0.5, 0.6) is 11.5 Å². The first-order valence-corrected chi connectivity index (χ1v) is 6.51. The topological polar surface area (TPSA) is 56.5 Å². The number of ether oxygens (including phenoxy) is 2. The molecule has 0 spiro atoms. The summed E-state index contributed by atoms with van der Waals surface area (Å²) in [6.07, 6.45) is 0. The minimum absolute atomic E-state index is 0.602. The SMILES string of the molecule is COc1ccc(CNc2ccc(N)cc2Cl)cc1OC. The first-order valence-electron chi connectivity index (χ1n) is 6.14. The highest BCUT2D eigenvalue weighted by Crippen LogP contribution is 2.29. The number of nitrogens with one attached hydrogen (secondary N) is 1. The van der Waals surface area contributed by atoms with E-state index in [0.29, 0.717) is 28.8 Å². The number of halogens is 1. The van der Waals surface area contributed by atoms with Gasteiger partial charge in [-0.05, 0) is 35.9 Å². The summed E-state index contributed by atoms with van der Waals surface area (Å²) >= 11 is 6.11. The van der Waals surface area contributed by atoms with Gasteiger partial charge >= 0.3 is 0 Å². The predicted octanol–water partition coefficient (Wildman–Crippen LogP) is 3.55. The van der Waals surface area contributed by atoms with Gasteiger partial charge in [-0.1, -0.05) is 17.7 Å². The molecule has 3 N–H and O–H groups in total. The number of benzene rings is 2. The molecule has 0 radical (unpaired) electrons. The summed E-state index contributed by atoms with van der Waals surface area (Å²) < 4.78 is 10.5. The summed E-state index contributed by atoms with van der Waals surface area (Å²) in [4.78, 5) is 0. The quantitative estimate of drug-likeness (QED) is 0.828. The van der Waals surface area contributed by atoms with Crippen LogP contribution in [-0.4, -0.2) is 14.2 Å².